The molecule has 0 heterocycles. The van der Waals surface area contributed by atoms with Gasteiger partial charge in [-0.1, -0.05) is 13.8 Å². The van der Waals surface area contributed by atoms with Crippen LogP contribution in [0.4, 0.5) is 0 Å². The summed E-state index contributed by atoms with van der Waals surface area (Å²) in [5.41, 5.74) is 3.41. The highest BCUT2D eigenvalue weighted by Crippen LogP contribution is 2.31. The van der Waals surface area contributed by atoms with E-state index in [1.807, 2.05) is 78.0 Å². The number of benzene rings is 2. The van der Waals surface area contributed by atoms with Crippen molar-refractivity contribution < 1.29 is 24.2 Å². The van der Waals surface area contributed by atoms with Gasteiger partial charge in [0.05, 0.1) is 6.61 Å². The predicted molar refractivity (Wildman–Crippen MR) is 128 cm³/mol. The monoisotopic (exact) mass is 438 g/mol. The third kappa shape index (κ3) is 5.78. The second-order valence-electron chi connectivity index (χ2n) is 8.89. The number of hydrogen-bond donors (Lipinski definition) is 1. The zero-order chi connectivity index (χ0) is 24.2. The van der Waals surface area contributed by atoms with Crippen LogP contribution in [0.15, 0.2) is 35.9 Å². The number of carbonyl (C=O) groups is 2. The van der Waals surface area contributed by atoms with Crippen molar-refractivity contribution in [1.29, 1.82) is 0 Å². The topological polar surface area (TPSA) is 72.8 Å². The highest BCUT2D eigenvalue weighted by molar-refractivity contribution is 6.12. The van der Waals surface area contributed by atoms with Crippen molar-refractivity contribution in [1.82, 2.24) is 0 Å². The number of carboxylic acids is 1. The molecule has 5 nitrogen and oxygen atoms in total. The Morgan fingerprint density at radius 2 is 1.62 bits per heavy atom. The van der Waals surface area contributed by atoms with Crippen LogP contribution in [-0.4, -0.2) is 29.1 Å². The molecule has 0 spiro atoms. The van der Waals surface area contributed by atoms with E-state index in [-0.39, 0.29) is 11.7 Å². The Morgan fingerprint density at radius 1 is 1.03 bits per heavy atom. The molecule has 0 atom stereocenters. The van der Waals surface area contributed by atoms with Crippen LogP contribution in [0.5, 0.6) is 11.5 Å². The van der Waals surface area contributed by atoms with E-state index in [4.69, 9.17) is 9.47 Å². The van der Waals surface area contributed by atoms with E-state index in [1.54, 1.807) is 0 Å². The molecular formula is C27H34O5. The molecule has 0 saturated heterocycles. The van der Waals surface area contributed by atoms with Crippen LogP contribution in [0.25, 0.3) is 6.08 Å². The molecule has 0 radical (unpaired) electrons. The number of hydrogen-bond acceptors (Lipinski definition) is 4. The number of ether oxygens (including phenoxy) is 2. The first-order valence-electron chi connectivity index (χ1n) is 10.9. The lowest BCUT2D eigenvalue weighted by atomic mass is 9.90. The molecule has 1 N–H and O–H groups in total. The Hall–Kier alpha value is -3.08. The molecule has 2 aromatic carbocycles. The molecule has 32 heavy (non-hydrogen) atoms. The number of allylic oxidation sites excluding steroid dienone is 1. The molecule has 0 aliphatic rings. The van der Waals surface area contributed by atoms with Gasteiger partial charge in [-0.3, -0.25) is 4.79 Å². The molecule has 0 aromatic heterocycles. The van der Waals surface area contributed by atoms with Gasteiger partial charge < -0.3 is 14.6 Å². The molecule has 5 heteroatoms. The van der Waals surface area contributed by atoms with Crippen LogP contribution in [0.3, 0.4) is 0 Å². The molecule has 2 aromatic rings. The van der Waals surface area contributed by atoms with Crippen molar-refractivity contribution in [2.24, 2.45) is 5.92 Å². The quantitative estimate of drug-likeness (QED) is 0.374. The Morgan fingerprint density at radius 3 is 2.09 bits per heavy atom. The minimum absolute atomic E-state index is 0.0109. The molecule has 172 valence electrons. The van der Waals surface area contributed by atoms with Crippen LogP contribution in [0.2, 0.25) is 0 Å². The van der Waals surface area contributed by atoms with Gasteiger partial charge in [-0.2, -0.15) is 0 Å². The summed E-state index contributed by atoms with van der Waals surface area (Å²) < 4.78 is 11.3. The SMILES string of the molecule is CCOc1ccc(C(=O)/C(=C/c2cc(C)c(OC(C)(C)C(=O)O)c(C)c2)C(C)C)c(C)c1. The maximum absolute atomic E-state index is 13.4. The molecule has 0 saturated carbocycles. The highest BCUT2D eigenvalue weighted by Gasteiger charge is 2.30. The minimum Gasteiger partial charge on any atom is -0.494 e. The average molecular weight is 439 g/mol. The lowest BCUT2D eigenvalue weighted by Gasteiger charge is -2.24. The number of aliphatic carboxylic acids is 1. The number of carbonyl (C=O) groups excluding carboxylic acids is 1. The van der Waals surface area contributed by atoms with Gasteiger partial charge in [0.2, 0.25) is 0 Å². The van der Waals surface area contributed by atoms with Crippen LogP contribution in [-0.2, 0) is 4.79 Å². The molecule has 2 rings (SSSR count). The Bertz CT molecular complexity index is 1020. The fourth-order valence-electron chi connectivity index (χ4n) is 3.50. The zero-order valence-electron chi connectivity index (χ0n) is 20.3. The van der Waals surface area contributed by atoms with Crippen molar-refractivity contribution in [3.63, 3.8) is 0 Å². The second-order valence-corrected chi connectivity index (χ2v) is 8.89. The fraction of sp³-hybridized carbons (Fsp3) is 0.407. The summed E-state index contributed by atoms with van der Waals surface area (Å²) in [5.74, 6) is 0.287. The minimum atomic E-state index is -1.34. The number of aryl methyl sites for hydroxylation is 3. The maximum Gasteiger partial charge on any atom is 0.347 e. The lowest BCUT2D eigenvalue weighted by molar-refractivity contribution is -0.152. The first-order chi connectivity index (χ1) is 14.9. The van der Waals surface area contributed by atoms with Gasteiger partial charge in [0, 0.05) is 11.1 Å². The molecule has 0 amide bonds. The summed E-state index contributed by atoms with van der Waals surface area (Å²) in [6.07, 6.45) is 1.91. The normalized spacial score (nSPS) is 12.1. The third-order valence-corrected chi connectivity index (χ3v) is 5.31. The van der Waals surface area contributed by atoms with Gasteiger partial charge in [0.15, 0.2) is 11.4 Å². The van der Waals surface area contributed by atoms with Crippen molar-refractivity contribution in [2.45, 2.75) is 61.0 Å². The van der Waals surface area contributed by atoms with Gasteiger partial charge >= 0.3 is 5.97 Å². The Labute approximate surface area is 191 Å². The number of ketones is 1. The van der Waals surface area contributed by atoms with E-state index in [0.29, 0.717) is 23.5 Å². The molecule has 0 fully saturated rings. The first-order valence-corrected chi connectivity index (χ1v) is 10.9. The summed E-state index contributed by atoms with van der Waals surface area (Å²) >= 11 is 0. The van der Waals surface area contributed by atoms with E-state index in [1.165, 1.54) is 13.8 Å². The number of rotatable bonds is 9. The van der Waals surface area contributed by atoms with E-state index < -0.39 is 11.6 Å². The predicted octanol–water partition coefficient (Wildman–Crippen LogP) is 6.17. The standard InChI is InChI=1S/C27H34O5/c1-9-31-21-10-11-22(17(4)14-21)24(28)23(16(2)3)15-20-12-18(5)25(19(6)13-20)32-27(7,8)26(29)30/h10-16H,9H2,1-8H3,(H,29,30)/b23-15+. The van der Waals surface area contributed by atoms with Gasteiger partial charge in [0.25, 0.3) is 0 Å². The molecule has 0 aliphatic carbocycles. The van der Waals surface area contributed by atoms with E-state index in [2.05, 4.69) is 0 Å². The van der Waals surface area contributed by atoms with Crippen LogP contribution in [0, 0.1) is 26.7 Å². The number of Topliss-reactive ketones (excluding diaryl/α,β-unsaturated/α-hetero) is 1. The van der Waals surface area contributed by atoms with Gasteiger partial charge in [-0.25, -0.2) is 4.79 Å². The summed E-state index contributed by atoms with van der Waals surface area (Å²) in [6.45, 7) is 15.2. The fourth-order valence-corrected chi connectivity index (χ4v) is 3.50. The van der Waals surface area contributed by atoms with E-state index in [9.17, 15) is 14.7 Å². The molecular weight excluding hydrogens is 404 g/mol. The van der Waals surface area contributed by atoms with E-state index >= 15 is 0 Å². The summed E-state index contributed by atoms with van der Waals surface area (Å²) in [7, 11) is 0. The van der Waals surface area contributed by atoms with Gasteiger partial charge in [-0.15, -0.1) is 0 Å². The lowest BCUT2D eigenvalue weighted by Crippen LogP contribution is -2.38. The van der Waals surface area contributed by atoms with Crippen molar-refractivity contribution in [3.05, 3.63) is 63.7 Å². The van der Waals surface area contributed by atoms with Crippen LogP contribution < -0.4 is 9.47 Å². The maximum atomic E-state index is 13.4. The highest BCUT2D eigenvalue weighted by atomic mass is 16.5. The summed E-state index contributed by atoms with van der Waals surface area (Å²) in [5, 5.41) is 9.38. The smallest absolute Gasteiger partial charge is 0.347 e. The zero-order valence-corrected chi connectivity index (χ0v) is 20.3. The van der Waals surface area contributed by atoms with Gasteiger partial charge in [0.1, 0.15) is 11.5 Å². The van der Waals surface area contributed by atoms with Crippen molar-refractivity contribution in [2.75, 3.05) is 6.61 Å². The molecule has 0 unspecified atom stereocenters. The number of carboxylic acid groups (broad SMARTS) is 1. The summed E-state index contributed by atoms with van der Waals surface area (Å²) in [6, 6.07) is 9.37. The van der Waals surface area contributed by atoms with E-state index in [0.717, 1.165) is 28.0 Å². The van der Waals surface area contributed by atoms with Crippen molar-refractivity contribution >= 4 is 17.8 Å². The van der Waals surface area contributed by atoms with Crippen LogP contribution in [0.1, 0.15) is 67.2 Å². The second kappa shape index (κ2) is 10.0. The van der Waals surface area contributed by atoms with Gasteiger partial charge in [-0.05, 0) is 106 Å². The Balaban J connectivity index is 2.45. The average Bonchev–Trinajstić information content (AvgIpc) is 2.68. The molecule has 0 bridgehead atoms. The third-order valence-electron chi connectivity index (χ3n) is 5.31. The molecule has 0 aliphatic heterocycles. The Kier molecular flexibility index (Phi) is 7.89. The summed E-state index contributed by atoms with van der Waals surface area (Å²) in [4.78, 5) is 24.8. The first kappa shape index (κ1) is 25.2. The largest absolute Gasteiger partial charge is 0.494 e. The van der Waals surface area contributed by atoms with Crippen molar-refractivity contribution in [3.8, 4) is 11.5 Å². The van der Waals surface area contributed by atoms with Crippen LogP contribution >= 0.6 is 0 Å².